The molecule has 0 aromatic heterocycles. The molecule has 0 aliphatic rings. The molecule has 2 heteroatoms. The van der Waals surface area contributed by atoms with E-state index in [-0.39, 0.29) is 0 Å². The zero-order chi connectivity index (χ0) is 27.7. The normalized spacial score (nSPS) is 13.9. The van der Waals surface area contributed by atoms with Crippen molar-refractivity contribution in [3.8, 4) is 0 Å². The monoisotopic (exact) mass is 528 g/mol. The minimum absolute atomic E-state index is 0.492. The van der Waals surface area contributed by atoms with Gasteiger partial charge in [-0.2, -0.15) is 0 Å². The van der Waals surface area contributed by atoms with Crippen LogP contribution in [0.2, 0.25) is 0 Å². The summed E-state index contributed by atoms with van der Waals surface area (Å²) in [5, 5.41) is 10.5. The maximum absolute atomic E-state index is 12.8. The summed E-state index contributed by atoms with van der Waals surface area (Å²) in [4.78, 5) is 12.8. The molecule has 0 bridgehead atoms. The first kappa shape index (κ1) is 34.7. The molecule has 2 atom stereocenters. The van der Waals surface area contributed by atoms with Gasteiger partial charge in [-0.1, -0.05) is 173 Å². The number of hydrogen-bond donors (Lipinski definition) is 1. The summed E-state index contributed by atoms with van der Waals surface area (Å²) < 4.78 is 0. The summed E-state index contributed by atoms with van der Waals surface area (Å²) in [6.07, 6.45) is 29.4. The van der Waals surface area contributed by atoms with E-state index < -0.39 is 11.4 Å². The van der Waals surface area contributed by atoms with Crippen molar-refractivity contribution in [2.75, 3.05) is 0 Å². The number of aryl methyl sites for hydroxylation is 1. The van der Waals surface area contributed by atoms with Crippen molar-refractivity contribution in [2.24, 2.45) is 11.3 Å². The highest BCUT2D eigenvalue weighted by Crippen LogP contribution is 2.39. The average Bonchev–Trinajstić information content (AvgIpc) is 2.91. The van der Waals surface area contributed by atoms with Gasteiger partial charge >= 0.3 is 5.97 Å². The second kappa shape index (κ2) is 23.6. The van der Waals surface area contributed by atoms with Crippen LogP contribution in [0.1, 0.15) is 174 Å². The van der Waals surface area contributed by atoms with Gasteiger partial charge < -0.3 is 5.11 Å². The fourth-order valence-electron chi connectivity index (χ4n) is 6.25. The van der Waals surface area contributed by atoms with Crippen molar-refractivity contribution < 1.29 is 9.90 Å². The van der Waals surface area contributed by atoms with E-state index in [9.17, 15) is 9.90 Å². The SMILES string of the molecule is CCCCCCCCCCCCC(C)CC(CCCCCCCCCC)(CCCc1ccccc1)C(=O)O. The average molecular weight is 529 g/mol. The van der Waals surface area contributed by atoms with E-state index in [4.69, 9.17) is 0 Å². The van der Waals surface area contributed by atoms with Gasteiger partial charge in [0.25, 0.3) is 0 Å². The summed E-state index contributed by atoms with van der Waals surface area (Å²) in [7, 11) is 0. The summed E-state index contributed by atoms with van der Waals surface area (Å²) >= 11 is 0. The predicted molar refractivity (Wildman–Crippen MR) is 167 cm³/mol. The molecule has 1 aromatic carbocycles. The molecule has 0 spiro atoms. The summed E-state index contributed by atoms with van der Waals surface area (Å²) in [6.45, 7) is 6.86. The van der Waals surface area contributed by atoms with Gasteiger partial charge in [0.2, 0.25) is 0 Å². The van der Waals surface area contributed by atoms with Crippen LogP contribution in [-0.4, -0.2) is 11.1 Å². The smallest absolute Gasteiger partial charge is 0.309 e. The molecule has 1 N–H and O–H groups in total. The number of carboxylic acids is 1. The molecule has 0 saturated carbocycles. The minimum atomic E-state index is -0.547. The van der Waals surface area contributed by atoms with Crippen LogP contribution < -0.4 is 0 Å². The summed E-state index contributed by atoms with van der Waals surface area (Å²) in [6, 6.07) is 10.6. The number of carbonyl (C=O) groups is 1. The highest BCUT2D eigenvalue weighted by molar-refractivity contribution is 5.74. The van der Waals surface area contributed by atoms with Gasteiger partial charge in [0.05, 0.1) is 5.41 Å². The molecule has 0 aliphatic heterocycles. The molecule has 0 radical (unpaired) electrons. The van der Waals surface area contributed by atoms with E-state index in [0.717, 1.165) is 38.5 Å². The predicted octanol–water partition coefficient (Wildman–Crippen LogP) is 11.9. The molecule has 0 amide bonds. The van der Waals surface area contributed by atoms with Crippen molar-refractivity contribution >= 4 is 5.97 Å². The fraction of sp³-hybridized carbons (Fsp3) is 0.806. The number of hydrogen-bond acceptors (Lipinski definition) is 1. The van der Waals surface area contributed by atoms with E-state index in [0.29, 0.717) is 5.92 Å². The van der Waals surface area contributed by atoms with Gasteiger partial charge in [-0.15, -0.1) is 0 Å². The lowest BCUT2D eigenvalue weighted by Gasteiger charge is -2.32. The third-order valence-corrected chi connectivity index (χ3v) is 8.72. The van der Waals surface area contributed by atoms with Gasteiger partial charge in [0.1, 0.15) is 0 Å². The Hall–Kier alpha value is -1.31. The Labute approximate surface area is 237 Å². The largest absolute Gasteiger partial charge is 0.481 e. The lowest BCUT2D eigenvalue weighted by atomic mass is 9.71. The van der Waals surface area contributed by atoms with Crippen LogP contribution in [0, 0.1) is 11.3 Å². The number of rotatable bonds is 27. The Bertz CT molecular complexity index is 655. The van der Waals surface area contributed by atoms with Gasteiger partial charge in [0.15, 0.2) is 0 Å². The van der Waals surface area contributed by atoms with Gasteiger partial charge in [-0.05, 0) is 43.6 Å². The van der Waals surface area contributed by atoms with Gasteiger partial charge in [-0.25, -0.2) is 0 Å². The zero-order valence-corrected chi connectivity index (χ0v) is 25.8. The summed E-state index contributed by atoms with van der Waals surface area (Å²) in [5.74, 6) is -0.0469. The second-order valence-corrected chi connectivity index (χ2v) is 12.4. The van der Waals surface area contributed by atoms with Gasteiger partial charge in [0, 0.05) is 0 Å². The first-order chi connectivity index (χ1) is 18.5. The first-order valence-electron chi connectivity index (χ1n) is 16.8. The van der Waals surface area contributed by atoms with Crippen LogP contribution in [-0.2, 0) is 11.2 Å². The lowest BCUT2D eigenvalue weighted by Crippen LogP contribution is -2.33. The zero-order valence-electron chi connectivity index (χ0n) is 25.8. The Balaban J connectivity index is 2.48. The summed E-state index contributed by atoms with van der Waals surface area (Å²) in [5.41, 5.74) is 0.784. The van der Waals surface area contributed by atoms with Crippen LogP contribution >= 0.6 is 0 Å². The quantitative estimate of drug-likeness (QED) is 0.115. The molecule has 1 aromatic rings. The van der Waals surface area contributed by atoms with E-state index >= 15 is 0 Å². The molecule has 0 fully saturated rings. The Kier molecular flexibility index (Phi) is 21.5. The molecular weight excluding hydrogens is 464 g/mol. The Morgan fingerprint density at radius 1 is 0.658 bits per heavy atom. The maximum Gasteiger partial charge on any atom is 0.309 e. The molecule has 220 valence electrons. The molecule has 0 aliphatic carbocycles. The van der Waals surface area contributed by atoms with Crippen LogP contribution in [0.4, 0.5) is 0 Å². The number of benzene rings is 1. The topological polar surface area (TPSA) is 37.3 Å². The lowest BCUT2D eigenvalue weighted by molar-refractivity contribution is -0.151. The highest BCUT2D eigenvalue weighted by Gasteiger charge is 2.38. The van der Waals surface area contributed by atoms with Crippen molar-refractivity contribution in [3.05, 3.63) is 35.9 Å². The Morgan fingerprint density at radius 3 is 1.61 bits per heavy atom. The third kappa shape index (κ3) is 17.3. The number of unbranched alkanes of at least 4 members (excludes halogenated alkanes) is 16. The fourth-order valence-corrected chi connectivity index (χ4v) is 6.25. The van der Waals surface area contributed by atoms with Crippen LogP contribution in [0.15, 0.2) is 30.3 Å². The minimum Gasteiger partial charge on any atom is -0.481 e. The van der Waals surface area contributed by atoms with Crippen LogP contribution in [0.25, 0.3) is 0 Å². The van der Waals surface area contributed by atoms with Gasteiger partial charge in [-0.3, -0.25) is 4.79 Å². The second-order valence-electron chi connectivity index (χ2n) is 12.4. The van der Waals surface area contributed by atoms with Crippen molar-refractivity contribution in [3.63, 3.8) is 0 Å². The number of carboxylic acid groups (broad SMARTS) is 1. The molecule has 0 heterocycles. The molecule has 38 heavy (non-hydrogen) atoms. The third-order valence-electron chi connectivity index (χ3n) is 8.72. The maximum atomic E-state index is 12.8. The van der Waals surface area contributed by atoms with E-state index in [1.807, 2.05) is 0 Å². The van der Waals surface area contributed by atoms with Crippen molar-refractivity contribution in [1.29, 1.82) is 0 Å². The van der Waals surface area contributed by atoms with E-state index in [1.54, 1.807) is 0 Å². The molecular formula is C36H64O2. The highest BCUT2D eigenvalue weighted by atomic mass is 16.4. The van der Waals surface area contributed by atoms with Crippen molar-refractivity contribution in [2.45, 2.75) is 175 Å². The van der Waals surface area contributed by atoms with E-state index in [1.165, 1.54) is 121 Å². The van der Waals surface area contributed by atoms with Crippen LogP contribution in [0.5, 0.6) is 0 Å². The van der Waals surface area contributed by atoms with Crippen LogP contribution in [0.3, 0.4) is 0 Å². The van der Waals surface area contributed by atoms with Crippen molar-refractivity contribution in [1.82, 2.24) is 0 Å². The number of aliphatic carboxylic acids is 1. The first-order valence-corrected chi connectivity index (χ1v) is 16.8. The molecule has 0 saturated heterocycles. The molecule has 2 unspecified atom stereocenters. The molecule has 2 nitrogen and oxygen atoms in total. The standard InChI is InChI=1S/C36H64O2/c1-4-6-8-10-12-14-15-16-18-21-26-33(3)32-36(35(37)38,30-24-19-17-13-11-9-7-5-2)31-25-29-34-27-22-20-23-28-34/h20,22-23,27-28,33H,4-19,21,24-26,29-32H2,1-3H3,(H,37,38). The molecule has 1 rings (SSSR count). The Morgan fingerprint density at radius 2 is 1.11 bits per heavy atom. The van der Waals surface area contributed by atoms with E-state index in [2.05, 4.69) is 51.1 Å².